The van der Waals surface area contributed by atoms with Crippen molar-refractivity contribution < 1.29 is 13.2 Å². The zero-order valence-corrected chi connectivity index (χ0v) is 12.0. The third kappa shape index (κ3) is 3.09. The van der Waals surface area contributed by atoms with Gasteiger partial charge >= 0.3 is 0 Å². The van der Waals surface area contributed by atoms with Crippen molar-refractivity contribution in [3.8, 4) is 5.75 Å². The van der Waals surface area contributed by atoms with Crippen LogP contribution in [0.3, 0.4) is 0 Å². The van der Waals surface area contributed by atoms with Crippen molar-refractivity contribution in [1.82, 2.24) is 10.0 Å². The van der Waals surface area contributed by atoms with E-state index in [4.69, 9.17) is 15.9 Å². The van der Waals surface area contributed by atoms with Crippen LogP contribution >= 0.6 is 0 Å². The normalized spacial score (nSPS) is 15.7. The molecule has 1 heterocycles. The fraction of sp³-hybridized carbons (Fsp3) is 0.417. The molecule has 0 amide bonds. The van der Waals surface area contributed by atoms with Crippen molar-refractivity contribution in [2.45, 2.75) is 17.9 Å². The number of nitrogen functional groups attached to an aromatic ring is 1. The van der Waals surface area contributed by atoms with Gasteiger partial charge in [-0.2, -0.15) is 0 Å². The minimum absolute atomic E-state index is 0.0815. The Morgan fingerprint density at radius 2 is 2.25 bits per heavy atom. The van der Waals surface area contributed by atoms with Gasteiger partial charge in [-0.1, -0.05) is 0 Å². The molecule has 1 aromatic rings. The molecule has 0 saturated carbocycles. The molecule has 0 unspecified atom stereocenters. The molecular weight excluding hydrogens is 280 g/mol. The quantitative estimate of drug-likeness (QED) is 0.422. The summed E-state index contributed by atoms with van der Waals surface area (Å²) < 4.78 is 32.3. The number of amidine groups is 1. The zero-order valence-electron chi connectivity index (χ0n) is 11.1. The Balaban J connectivity index is 2.32. The van der Waals surface area contributed by atoms with E-state index in [1.54, 1.807) is 6.92 Å². The van der Waals surface area contributed by atoms with Crippen LogP contribution in [-0.4, -0.2) is 40.0 Å². The molecule has 0 radical (unpaired) electrons. The van der Waals surface area contributed by atoms with E-state index < -0.39 is 10.0 Å². The lowest BCUT2D eigenvalue weighted by Crippen LogP contribution is -2.56. The summed E-state index contributed by atoms with van der Waals surface area (Å²) in [5.74, 6) is 0.181. The first-order chi connectivity index (χ1) is 9.44. The summed E-state index contributed by atoms with van der Waals surface area (Å²) >= 11 is 0. The molecule has 7 nitrogen and oxygen atoms in total. The summed E-state index contributed by atoms with van der Waals surface area (Å²) in [5.41, 5.74) is 5.75. The molecular formula is C12H18N4O3S. The van der Waals surface area contributed by atoms with Crippen LogP contribution < -0.4 is 20.5 Å². The number of rotatable bonds is 6. The fourth-order valence-corrected chi connectivity index (χ4v) is 3.09. The second-order valence-corrected chi connectivity index (χ2v) is 6.20. The summed E-state index contributed by atoms with van der Waals surface area (Å²) in [6, 6.07) is 4.24. The summed E-state index contributed by atoms with van der Waals surface area (Å²) in [4.78, 5) is 0.0815. The first-order valence-electron chi connectivity index (χ1n) is 6.28. The third-order valence-electron chi connectivity index (χ3n) is 2.95. The number of nitrogens with two attached hydrogens (primary N) is 1. The Hall–Kier alpha value is -1.64. The number of hydrogen-bond acceptors (Lipinski definition) is 5. The summed E-state index contributed by atoms with van der Waals surface area (Å²) in [6.45, 7) is 3.46. The van der Waals surface area contributed by atoms with Crippen LogP contribution in [0.5, 0.6) is 5.75 Å². The van der Waals surface area contributed by atoms with Crippen molar-refractivity contribution >= 4 is 15.9 Å². The van der Waals surface area contributed by atoms with Crippen molar-refractivity contribution in [1.29, 1.82) is 5.41 Å². The van der Waals surface area contributed by atoms with E-state index in [1.165, 1.54) is 18.2 Å². The van der Waals surface area contributed by atoms with Crippen molar-refractivity contribution in [2.24, 2.45) is 5.73 Å². The molecule has 0 atom stereocenters. The van der Waals surface area contributed by atoms with Crippen LogP contribution in [0.15, 0.2) is 23.1 Å². The monoisotopic (exact) mass is 298 g/mol. The number of benzene rings is 1. The first kappa shape index (κ1) is 14.8. The maximum absolute atomic E-state index is 12.2. The molecule has 5 N–H and O–H groups in total. The van der Waals surface area contributed by atoms with Gasteiger partial charge in [0.2, 0.25) is 10.0 Å². The second kappa shape index (κ2) is 5.78. The first-order valence-corrected chi connectivity index (χ1v) is 7.76. The molecule has 1 fully saturated rings. The van der Waals surface area contributed by atoms with Gasteiger partial charge in [0.05, 0.1) is 17.1 Å². The number of sulfonamides is 1. The molecule has 20 heavy (non-hydrogen) atoms. The zero-order chi connectivity index (χ0) is 14.8. The Morgan fingerprint density at radius 3 is 2.75 bits per heavy atom. The molecule has 1 aromatic carbocycles. The highest BCUT2D eigenvalue weighted by Gasteiger charge is 2.25. The van der Waals surface area contributed by atoms with Gasteiger partial charge in [-0.25, -0.2) is 13.1 Å². The molecule has 1 aliphatic heterocycles. The number of ether oxygens (including phenoxy) is 1. The molecule has 0 spiro atoms. The highest BCUT2D eigenvalue weighted by atomic mass is 32.2. The maximum atomic E-state index is 12.2. The van der Waals surface area contributed by atoms with E-state index in [2.05, 4.69) is 10.0 Å². The predicted octanol–water partition coefficient (Wildman–Crippen LogP) is -0.381. The van der Waals surface area contributed by atoms with Gasteiger partial charge in [-0.15, -0.1) is 0 Å². The minimum Gasteiger partial charge on any atom is -0.493 e. The molecule has 8 heteroatoms. The van der Waals surface area contributed by atoms with E-state index in [1.807, 2.05) is 0 Å². The Labute approximate surface area is 118 Å². The average Bonchev–Trinajstić information content (AvgIpc) is 2.34. The van der Waals surface area contributed by atoms with Gasteiger partial charge in [0.25, 0.3) is 0 Å². The predicted molar refractivity (Wildman–Crippen MR) is 75.6 cm³/mol. The van der Waals surface area contributed by atoms with Crippen LogP contribution in [-0.2, 0) is 10.0 Å². The molecule has 0 aromatic heterocycles. The van der Waals surface area contributed by atoms with Gasteiger partial charge in [0.15, 0.2) is 0 Å². The highest BCUT2D eigenvalue weighted by molar-refractivity contribution is 7.89. The minimum atomic E-state index is -3.61. The molecule has 110 valence electrons. The van der Waals surface area contributed by atoms with Crippen molar-refractivity contribution in [2.75, 3.05) is 19.7 Å². The lowest BCUT2D eigenvalue weighted by molar-refractivity contribution is 0.339. The summed E-state index contributed by atoms with van der Waals surface area (Å²) in [7, 11) is -3.61. The van der Waals surface area contributed by atoms with Gasteiger partial charge in [0, 0.05) is 19.1 Å². The van der Waals surface area contributed by atoms with Gasteiger partial charge in [0.1, 0.15) is 11.6 Å². The molecule has 1 saturated heterocycles. The van der Waals surface area contributed by atoms with Crippen LogP contribution in [0.2, 0.25) is 0 Å². The molecule has 2 rings (SSSR count). The fourth-order valence-electron chi connectivity index (χ4n) is 1.83. The Bertz CT molecular complexity index is 611. The molecule has 1 aliphatic rings. The van der Waals surface area contributed by atoms with E-state index in [9.17, 15) is 8.42 Å². The van der Waals surface area contributed by atoms with E-state index in [0.717, 1.165) is 0 Å². The van der Waals surface area contributed by atoms with Gasteiger partial charge in [-0.3, -0.25) is 5.41 Å². The summed E-state index contributed by atoms with van der Waals surface area (Å²) in [5, 5.41) is 10.5. The lowest BCUT2D eigenvalue weighted by Gasteiger charge is -2.27. The van der Waals surface area contributed by atoms with E-state index >= 15 is 0 Å². The second-order valence-electron chi connectivity index (χ2n) is 4.48. The Morgan fingerprint density at radius 1 is 1.55 bits per heavy atom. The van der Waals surface area contributed by atoms with Crippen molar-refractivity contribution in [3.05, 3.63) is 23.8 Å². The topological polar surface area (TPSA) is 117 Å². The van der Waals surface area contributed by atoms with Crippen LogP contribution in [0.4, 0.5) is 0 Å². The highest BCUT2D eigenvalue weighted by Crippen LogP contribution is 2.22. The molecule has 0 bridgehead atoms. The lowest BCUT2D eigenvalue weighted by atomic mass is 10.2. The smallest absolute Gasteiger partial charge is 0.240 e. The maximum Gasteiger partial charge on any atom is 0.240 e. The SMILES string of the molecule is CCOc1ccc(S(=O)(=O)NC2CNC2)cc1C(=N)N. The molecule has 0 aliphatic carbocycles. The number of hydrogen-bond donors (Lipinski definition) is 4. The standard InChI is InChI=1S/C12H18N4O3S/c1-2-19-11-4-3-9(5-10(11)12(13)14)20(17,18)16-8-6-15-7-8/h3-5,8,15-16H,2,6-7H2,1H3,(H3,13,14). The largest absolute Gasteiger partial charge is 0.493 e. The van der Waals surface area contributed by atoms with Crippen LogP contribution in [0.1, 0.15) is 12.5 Å². The van der Waals surface area contributed by atoms with E-state index in [0.29, 0.717) is 25.4 Å². The average molecular weight is 298 g/mol. The van der Waals surface area contributed by atoms with Gasteiger partial charge < -0.3 is 15.8 Å². The van der Waals surface area contributed by atoms with Crippen LogP contribution in [0.25, 0.3) is 0 Å². The van der Waals surface area contributed by atoms with Gasteiger partial charge in [-0.05, 0) is 25.1 Å². The summed E-state index contributed by atoms with van der Waals surface area (Å²) in [6.07, 6.45) is 0. The Kier molecular flexibility index (Phi) is 4.26. The third-order valence-corrected chi connectivity index (χ3v) is 4.47. The number of nitrogens with one attached hydrogen (secondary N) is 3. The van der Waals surface area contributed by atoms with E-state index in [-0.39, 0.29) is 22.3 Å². The van der Waals surface area contributed by atoms with Crippen molar-refractivity contribution in [3.63, 3.8) is 0 Å². The van der Waals surface area contributed by atoms with Crippen LogP contribution in [0, 0.1) is 5.41 Å².